The first-order valence-electron chi connectivity index (χ1n) is 6.81. The van der Waals surface area contributed by atoms with Crippen LogP contribution in [0.25, 0.3) is 0 Å². The molecule has 106 valence electrons. The van der Waals surface area contributed by atoms with Crippen LogP contribution in [0.1, 0.15) is 36.8 Å². The van der Waals surface area contributed by atoms with Crippen molar-refractivity contribution >= 4 is 5.82 Å². The molecule has 1 aromatic carbocycles. The van der Waals surface area contributed by atoms with Crippen LogP contribution in [0.5, 0.6) is 5.75 Å². The monoisotopic (exact) mass is 271 g/mol. The SMILES string of the molecule is CNc1cc(C(C)C)nc(Cc2ccccc2OC)n1. The zero-order valence-corrected chi connectivity index (χ0v) is 12.5. The number of anilines is 1. The van der Waals surface area contributed by atoms with Gasteiger partial charge >= 0.3 is 0 Å². The Bertz CT molecular complexity index is 582. The van der Waals surface area contributed by atoms with E-state index >= 15 is 0 Å². The molecule has 0 saturated carbocycles. The van der Waals surface area contributed by atoms with Gasteiger partial charge in [-0.05, 0) is 12.0 Å². The molecule has 0 unspecified atom stereocenters. The van der Waals surface area contributed by atoms with Crippen LogP contribution < -0.4 is 10.1 Å². The molecule has 0 aliphatic heterocycles. The lowest BCUT2D eigenvalue weighted by molar-refractivity contribution is 0.410. The van der Waals surface area contributed by atoms with Crippen molar-refractivity contribution in [2.24, 2.45) is 0 Å². The van der Waals surface area contributed by atoms with Gasteiger partial charge in [-0.15, -0.1) is 0 Å². The summed E-state index contributed by atoms with van der Waals surface area (Å²) in [6.07, 6.45) is 0.666. The number of methoxy groups -OCH3 is 1. The molecule has 4 nitrogen and oxygen atoms in total. The number of rotatable bonds is 5. The molecule has 0 aliphatic carbocycles. The highest BCUT2D eigenvalue weighted by Crippen LogP contribution is 2.21. The van der Waals surface area contributed by atoms with Crippen LogP contribution in [0.4, 0.5) is 5.82 Å². The second-order valence-corrected chi connectivity index (χ2v) is 4.99. The first-order chi connectivity index (χ1) is 9.63. The van der Waals surface area contributed by atoms with Gasteiger partial charge in [-0.1, -0.05) is 32.0 Å². The van der Waals surface area contributed by atoms with Gasteiger partial charge in [-0.25, -0.2) is 9.97 Å². The number of hydrogen-bond donors (Lipinski definition) is 1. The molecule has 0 saturated heterocycles. The number of para-hydroxylation sites is 1. The van der Waals surface area contributed by atoms with E-state index in [9.17, 15) is 0 Å². The van der Waals surface area contributed by atoms with E-state index < -0.39 is 0 Å². The molecule has 2 rings (SSSR count). The summed E-state index contributed by atoms with van der Waals surface area (Å²) in [5.74, 6) is 2.91. The van der Waals surface area contributed by atoms with E-state index in [2.05, 4.69) is 29.1 Å². The Balaban J connectivity index is 2.35. The predicted octanol–water partition coefficient (Wildman–Crippen LogP) is 3.24. The number of nitrogens with one attached hydrogen (secondary N) is 1. The highest BCUT2D eigenvalue weighted by molar-refractivity contribution is 5.39. The van der Waals surface area contributed by atoms with Crippen LogP contribution in [0, 0.1) is 0 Å². The maximum atomic E-state index is 5.38. The maximum Gasteiger partial charge on any atom is 0.135 e. The summed E-state index contributed by atoms with van der Waals surface area (Å²) in [6.45, 7) is 4.27. The average Bonchev–Trinajstić information content (AvgIpc) is 2.47. The zero-order valence-electron chi connectivity index (χ0n) is 12.5. The Labute approximate surface area is 120 Å². The third-order valence-corrected chi connectivity index (χ3v) is 3.18. The summed E-state index contributed by atoms with van der Waals surface area (Å²) >= 11 is 0. The van der Waals surface area contributed by atoms with Gasteiger partial charge in [0.05, 0.1) is 7.11 Å². The van der Waals surface area contributed by atoms with Gasteiger partial charge in [0.15, 0.2) is 0 Å². The molecule has 20 heavy (non-hydrogen) atoms. The molecule has 0 fully saturated rings. The molecule has 0 bridgehead atoms. The molecule has 2 aromatic rings. The normalized spacial score (nSPS) is 10.7. The Hall–Kier alpha value is -2.10. The van der Waals surface area contributed by atoms with Crippen LogP contribution in [0.15, 0.2) is 30.3 Å². The fourth-order valence-corrected chi connectivity index (χ4v) is 2.04. The maximum absolute atomic E-state index is 5.38. The third-order valence-electron chi connectivity index (χ3n) is 3.18. The minimum atomic E-state index is 0.376. The van der Waals surface area contributed by atoms with Crippen molar-refractivity contribution in [1.82, 2.24) is 9.97 Å². The lowest BCUT2D eigenvalue weighted by atomic mass is 10.1. The van der Waals surface area contributed by atoms with Crippen molar-refractivity contribution in [2.75, 3.05) is 19.5 Å². The van der Waals surface area contributed by atoms with Crippen molar-refractivity contribution < 1.29 is 4.74 Å². The molecule has 0 atom stereocenters. The smallest absolute Gasteiger partial charge is 0.135 e. The van der Waals surface area contributed by atoms with Gasteiger partial charge in [0.2, 0.25) is 0 Å². The van der Waals surface area contributed by atoms with Crippen LogP contribution in [-0.4, -0.2) is 24.1 Å². The Morgan fingerprint density at radius 2 is 1.95 bits per heavy atom. The second kappa shape index (κ2) is 6.37. The van der Waals surface area contributed by atoms with Gasteiger partial charge < -0.3 is 10.1 Å². The number of aromatic nitrogens is 2. The first kappa shape index (κ1) is 14.3. The molecule has 4 heteroatoms. The van der Waals surface area contributed by atoms with Crippen LogP contribution >= 0.6 is 0 Å². The van der Waals surface area contributed by atoms with E-state index in [4.69, 9.17) is 4.74 Å². The highest BCUT2D eigenvalue weighted by atomic mass is 16.5. The lowest BCUT2D eigenvalue weighted by Gasteiger charge is -2.11. The molecule has 0 radical (unpaired) electrons. The molecule has 0 aliphatic rings. The van der Waals surface area contributed by atoms with Gasteiger partial charge in [-0.3, -0.25) is 0 Å². The zero-order chi connectivity index (χ0) is 14.5. The van der Waals surface area contributed by atoms with E-state index in [1.54, 1.807) is 7.11 Å². The summed E-state index contributed by atoms with van der Waals surface area (Å²) in [4.78, 5) is 9.17. The first-order valence-corrected chi connectivity index (χ1v) is 6.81. The molecule has 1 N–H and O–H groups in total. The minimum absolute atomic E-state index is 0.376. The number of nitrogens with zero attached hydrogens (tertiary/aromatic N) is 2. The highest BCUT2D eigenvalue weighted by Gasteiger charge is 2.10. The Morgan fingerprint density at radius 1 is 1.20 bits per heavy atom. The van der Waals surface area contributed by atoms with E-state index in [1.807, 2.05) is 37.4 Å². The van der Waals surface area contributed by atoms with Crippen molar-refractivity contribution in [2.45, 2.75) is 26.2 Å². The standard InChI is InChI=1S/C16H21N3O/c1-11(2)13-10-15(17-3)19-16(18-13)9-12-7-5-6-8-14(12)20-4/h5-8,10-11H,9H2,1-4H3,(H,17,18,19). The average molecular weight is 271 g/mol. The van der Waals surface area contributed by atoms with Gasteiger partial charge in [0.1, 0.15) is 17.4 Å². The summed E-state index contributed by atoms with van der Waals surface area (Å²) < 4.78 is 5.38. The summed E-state index contributed by atoms with van der Waals surface area (Å²) in [5.41, 5.74) is 2.15. The van der Waals surface area contributed by atoms with E-state index in [0.29, 0.717) is 12.3 Å². The number of benzene rings is 1. The lowest BCUT2D eigenvalue weighted by Crippen LogP contribution is -2.06. The van der Waals surface area contributed by atoms with E-state index in [0.717, 1.165) is 28.6 Å². The number of ether oxygens (including phenoxy) is 1. The molecule has 1 heterocycles. The summed E-state index contributed by atoms with van der Waals surface area (Å²) in [6, 6.07) is 9.97. The molecular formula is C16H21N3O. The topological polar surface area (TPSA) is 47.0 Å². The summed E-state index contributed by atoms with van der Waals surface area (Å²) in [7, 11) is 3.56. The molecule has 1 aromatic heterocycles. The van der Waals surface area contributed by atoms with Gasteiger partial charge in [0.25, 0.3) is 0 Å². The summed E-state index contributed by atoms with van der Waals surface area (Å²) in [5, 5.41) is 3.09. The Morgan fingerprint density at radius 3 is 2.60 bits per heavy atom. The quantitative estimate of drug-likeness (QED) is 0.907. The van der Waals surface area contributed by atoms with Crippen LogP contribution in [0.3, 0.4) is 0 Å². The van der Waals surface area contributed by atoms with Crippen molar-refractivity contribution in [1.29, 1.82) is 0 Å². The second-order valence-electron chi connectivity index (χ2n) is 4.99. The van der Waals surface area contributed by atoms with Crippen molar-refractivity contribution in [3.8, 4) is 5.75 Å². The van der Waals surface area contributed by atoms with Gasteiger partial charge in [0, 0.05) is 30.8 Å². The van der Waals surface area contributed by atoms with Crippen LogP contribution in [-0.2, 0) is 6.42 Å². The van der Waals surface area contributed by atoms with E-state index in [-0.39, 0.29) is 0 Å². The largest absolute Gasteiger partial charge is 0.496 e. The van der Waals surface area contributed by atoms with E-state index in [1.165, 1.54) is 0 Å². The minimum Gasteiger partial charge on any atom is -0.496 e. The fraction of sp³-hybridized carbons (Fsp3) is 0.375. The third kappa shape index (κ3) is 3.26. The van der Waals surface area contributed by atoms with Crippen molar-refractivity contribution in [3.63, 3.8) is 0 Å². The predicted molar refractivity (Wildman–Crippen MR) is 81.5 cm³/mol. The molecular weight excluding hydrogens is 250 g/mol. The van der Waals surface area contributed by atoms with Gasteiger partial charge in [-0.2, -0.15) is 0 Å². The van der Waals surface area contributed by atoms with Crippen LogP contribution in [0.2, 0.25) is 0 Å². The van der Waals surface area contributed by atoms with Crippen molar-refractivity contribution in [3.05, 3.63) is 47.4 Å². The molecule has 0 spiro atoms. The number of hydrogen-bond acceptors (Lipinski definition) is 4. The fourth-order valence-electron chi connectivity index (χ4n) is 2.04. The molecule has 0 amide bonds. The Kier molecular flexibility index (Phi) is 4.56.